The molecular formula is C32H49ClO3. The molecule has 8 atom stereocenters. The Morgan fingerprint density at radius 2 is 1.56 bits per heavy atom. The molecule has 202 valence electrons. The van der Waals surface area contributed by atoms with Crippen LogP contribution in [0.1, 0.15) is 120 Å². The van der Waals surface area contributed by atoms with Crippen molar-refractivity contribution in [2.75, 3.05) is 0 Å². The fourth-order valence-electron chi connectivity index (χ4n) is 11.0. The van der Waals surface area contributed by atoms with E-state index in [4.69, 9.17) is 16.3 Å². The lowest BCUT2D eigenvalue weighted by Crippen LogP contribution is -2.65. The van der Waals surface area contributed by atoms with Gasteiger partial charge in [-0.2, -0.15) is 0 Å². The van der Waals surface area contributed by atoms with Gasteiger partial charge in [-0.3, -0.25) is 9.59 Å². The molecule has 5 rings (SSSR count). The number of fused-ring (bicyclic) bond motifs is 7. The Hall–Kier alpha value is -0.830. The number of rotatable bonds is 2. The molecule has 0 saturated heterocycles. The molecule has 0 heterocycles. The van der Waals surface area contributed by atoms with E-state index in [1.165, 1.54) is 12.8 Å². The molecule has 4 fully saturated rings. The number of ether oxygens (including phenoxy) is 1. The first-order valence-corrected chi connectivity index (χ1v) is 15.0. The molecule has 0 aromatic carbocycles. The lowest BCUT2D eigenvalue weighted by molar-refractivity contribution is -0.211. The van der Waals surface area contributed by atoms with Crippen molar-refractivity contribution in [3.8, 4) is 0 Å². The summed E-state index contributed by atoms with van der Waals surface area (Å²) in [6.07, 6.45) is 13.3. The molecule has 0 aromatic rings. The molecule has 5 aliphatic carbocycles. The first kappa shape index (κ1) is 26.8. The Morgan fingerprint density at radius 3 is 2.19 bits per heavy atom. The van der Waals surface area contributed by atoms with E-state index >= 15 is 0 Å². The first-order chi connectivity index (χ1) is 16.5. The number of carbonyl (C=O) groups excluding carboxylic acids is 2. The van der Waals surface area contributed by atoms with Crippen LogP contribution in [0.2, 0.25) is 0 Å². The number of halogens is 1. The summed E-state index contributed by atoms with van der Waals surface area (Å²) in [5.74, 6) is 1.28. The summed E-state index contributed by atoms with van der Waals surface area (Å²) >= 11 is 6.45. The molecule has 4 saturated carbocycles. The maximum atomic E-state index is 13.0. The SMILES string of the molecule is CC(=O)O[C@H]1CC[C@]2(C)[C@H]3CC=C4[C@@H]5CC(C)(C)CC[C@]5(C(=O)Cl)CC[C@@]4(C)[C@]3(C)CC[C@H]2C1(C)C. The van der Waals surface area contributed by atoms with Crippen molar-refractivity contribution in [2.24, 2.45) is 50.2 Å². The van der Waals surface area contributed by atoms with Gasteiger partial charge in [-0.15, -0.1) is 0 Å². The molecule has 0 aliphatic heterocycles. The Labute approximate surface area is 224 Å². The van der Waals surface area contributed by atoms with Crippen LogP contribution in [-0.4, -0.2) is 17.3 Å². The average Bonchev–Trinajstić information content (AvgIpc) is 2.75. The van der Waals surface area contributed by atoms with Crippen molar-refractivity contribution < 1.29 is 14.3 Å². The monoisotopic (exact) mass is 516 g/mol. The Bertz CT molecular complexity index is 995. The lowest BCUT2D eigenvalue weighted by atomic mass is 9.33. The summed E-state index contributed by atoms with van der Waals surface area (Å²) in [5, 5.41) is -0.0839. The van der Waals surface area contributed by atoms with Crippen LogP contribution in [0.4, 0.5) is 0 Å². The molecule has 36 heavy (non-hydrogen) atoms. The summed E-state index contributed by atoms with van der Waals surface area (Å²) in [4.78, 5) is 24.9. The number of esters is 1. The molecular weight excluding hydrogens is 468 g/mol. The molecule has 5 aliphatic rings. The van der Waals surface area contributed by atoms with E-state index in [2.05, 4.69) is 54.5 Å². The van der Waals surface area contributed by atoms with Crippen molar-refractivity contribution >= 4 is 22.8 Å². The third-order valence-electron chi connectivity index (χ3n) is 13.3. The van der Waals surface area contributed by atoms with E-state index in [0.29, 0.717) is 11.8 Å². The predicted octanol–water partition coefficient (Wildman–Crippen LogP) is 8.49. The van der Waals surface area contributed by atoms with Crippen LogP contribution in [0.3, 0.4) is 0 Å². The van der Waals surface area contributed by atoms with Gasteiger partial charge in [-0.1, -0.05) is 60.1 Å². The van der Waals surface area contributed by atoms with Crippen molar-refractivity contribution in [2.45, 2.75) is 126 Å². The lowest BCUT2D eigenvalue weighted by Gasteiger charge is -2.71. The van der Waals surface area contributed by atoms with Crippen molar-refractivity contribution in [1.82, 2.24) is 0 Å². The molecule has 0 aromatic heterocycles. The summed E-state index contributed by atoms with van der Waals surface area (Å²) in [5.41, 5.74) is 1.97. The zero-order chi connectivity index (χ0) is 26.5. The standard InChI is InChI=1S/C32H49ClO3/c1-20(34)36-25-12-13-29(6)23(28(25,4)5)11-14-31(8)24(29)10-9-21-22-19-27(2,3)15-17-32(22,26(33)35)18-16-30(21,31)7/h9,22-25H,10-19H2,1-8H3/t22-,23-,24+,25-,29-,30+,31+,32-/m0/s1. The Morgan fingerprint density at radius 1 is 0.889 bits per heavy atom. The third kappa shape index (κ3) is 3.42. The summed E-state index contributed by atoms with van der Waals surface area (Å²) in [6.45, 7) is 18.7. The van der Waals surface area contributed by atoms with Crippen molar-refractivity contribution in [3.63, 3.8) is 0 Å². The van der Waals surface area contributed by atoms with Gasteiger partial charge in [0.25, 0.3) is 0 Å². The van der Waals surface area contributed by atoms with E-state index in [1.807, 2.05) is 0 Å². The van der Waals surface area contributed by atoms with Crippen LogP contribution < -0.4 is 0 Å². The van der Waals surface area contributed by atoms with E-state index in [-0.39, 0.29) is 55.7 Å². The minimum absolute atomic E-state index is 0.0113. The Kier molecular flexibility index (Phi) is 6.01. The van der Waals surface area contributed by atoms with Crippen LogP contribution in [-0.2, 0) is 14.3 Å². The van der Waals surface area contributed by atoms with Crippen LogP contribution in [0.15, 0.2) is 11.6 Å². The first-order valence-electron chi connectivity index (χ1n) is 14.6. The van der Waals surface area contributed by atoms with E-state index in [9.17, 15) is 9.59 Å². The maximum absolute atomic E-state index is 13.0. The van der Waals surface area contributed by atoms with Gasteiger partial charge in [0.15, 0.2) is 0 Å². The highest BCUT2D eigenvalue weighted by molar-refractivity contribution is 6.64. The molecule has 0 bridgehead atoms. The van der Waals surface area contributed by atoms with E-state index < -0.39 is 0 Å². The number of hydrogen-bond donors (Lipinski definition) is 0. The molecule has 3 nitrogen and oxygen atoms in total. The maximum Gasteiger partial charge on any atom is 0.302 e. The topological polar surface area (TPSA) is 43.4 Å². The number of hydrogen-bond acceptors (Lipinski definition) is 3. The van der Waals surface area contributed by atoms with Gasteiger partial charge in [-0.25, -0.2) is 0 Å². The summed E-state index contributed by atoms with van der Waals surface area (Å²) in [7, 11) is 0. The molecule has 0 unspecified atom stereocenters. The molecule has 0 amide bonds. The Balaban J connectivity index is 1.55. The normalized spacial score (nSPS) is 48.9. The van der Waals surface area contributed by atoms with Gasteiger partial charge in [0.1, 0.15) is 6.10 Å². The summed E-state index contributed by atoms with van der Waals surface area (Å²) in [6, 6.07) is 0. The molecule has 0 radical (unpaired) electrons. The fraction of sp³-hybridized carbons (Fsp3) is 0.875. The minimum atomic E-state index is -0.364. The van der Waals surface area contributed by atoms with Crippen molar-refractivity contribution in [1.29, 1.82) is 0 Å². The van der Waals surface area contributed by atoms with E-state index in [1.54, 1.807) is 12.5 Å². The summed E-state index contributed by atoms with van der Waals surface area (Å²) < 4.78 is 5.88. The average molecular weight is 517 g/mol. The second-order valence-electron chi connectivity index (χ2n) is 15.6. The van der Waals surface area contributed by atoms with Gasteiger partial charge < -0.3 is 4.74 Å². The zero-order valence-corrected chi connectivity index (χ0v) is 24.8. The largest absolute Gasteiger partial charge is 0.462 e. The van der Waals surface area contributed by atoms with Gasteiger partial charge in [0.2, 0.25) is 5.24 Å². The minimum Gasteiger partial charge on any atom is -0.462 e. The smallest absolute Gasteiger partial charge is 0.302 e. The highest BCUT2D eigenvalue weighted by Gasteiger charge is 2.69. The molecule has 0 spiro atoms. The highest BCUT2D eigenvalue weighted by Crippen LogP contribution is 2.76. The zero-order valence-electron chi connectivity index (χ0n) is 24.1. The molecule has 4 heteroatoms. The van der Waals surface area contributed by atoms with Crippen LogP contribution in [0, 0.1) is 50.2 Å². The quantitative estimate of drug-likeness (QED) is 0.210. The van der Waals surface area contributed by atoms with E-state index in [0.717, 1.165) is 51.4 Å². The van der Waals surface area contributed by atoms with Gasteiger partial charge >= 0.3 is 5.97 Å². The second kappa shape index (κ2) is 8.09. The van der Waals surface area contributed by atoms with Crippen molar-refractivity contribution in [3.05, 3.63) is 11.6 Å². The van der Waals surface area contributed by atoms with Gasteiger partial charge in [0, 0.05) is 12.3 Å². The van der Waals surface area contributed by atoms with Crippen LogP contribution in [0.5, 0.6) is 0 Å². The van der Waals surface area contributed by atoms with Crippen LogP contribution >= 0.6 is 11.6 Å². The van der Waals surface area contributed by atoms with Gasteiger partial charge in [0.05, 0.1) is 5.41 Å². The fourth-order valence-corrected chi connectivity index (χ4v) is 11.3. The third-order valence-corrected chi connectivity index (χ3v) is 13.7. The highest BCUT2D eigenvalue weighted by atomic mass is 35.5. The van der Waals surface area contributed by atoms with Crippen LogP contribution in [0.25, 0.3) is 0 Å². The predicted molar refractivity (Wildman–Crippen MR) is 145 cm³/mol. The van der Waals surface area contributed by atoms with Gasteiger partial charge in [-0.05, 0) is 115 Å². The number of carbonyl (C=O) groups is 2. The molecule has 0 N–H and O–H groups in total. The number of allylic oxidation sites excluding steroid dienone is 2. The second-order valence-corrected chi connectivity index (χ2v) is 15.9.